The maximum atomic E-state index is 2.48. The number of nitrogens with zero attached hydrogens (tertiary/aromatic N) is 2. The van der Waals surface area contributed by atoms with Gasteiger partial charge in [-0.15, -0.1) is 0 Å². The minimum Gasteiger partial charge on any atom is -0.311 e. The van der Waals surface area contributed by atoms with Crippen molar-refractivity contribution in [3.63, 3.8) is 0 Å². The lowest BCUT2D eigenvalue weighted by atomic mass is 9.67. The molecule has 12 aromatic carbocycles. The lowest BCUT2D eigenvalue weighted by molar-refractivity contribution is 0.769. The average Bonchev–Trinajstić information content (AvgIpc) is 3.90. The molecule has 13 rings (SSSR count). The molecule has 0 radical (unpaired) electrons. The number of hydrogen-bond donors (Lipinski definition) is 0. The van der Waals surface area contributed by atoms with Gasteiger partial charge in [-0.3, -0.25) is 0 Å². The average molecular weight is 957 g/mol. The van der Waals surface area contributed by atoms with Gasteiger partial charge >= 0.3 is 0 Å². The highest BCUT2D eigenvalue weighted by Crippen LogP contribution is 2.58. The third-order valence-electron chi connectivity index (χ3n) is 15.0. The molecule has 0 amide bonds. The van der Waals surface area contributed by atoms with Crippen LogP contribution < -0.4 is 9.80 Å². The number of anilines is 6. The Kier molecular flexibility index (Phi) is 11.8. The number of hydrogen-bond acceptors (Lipinski definition) is 2. The molecule has 1 aliphatic rings. The summed E-state index contributed by atoms with van der Waals surface area (Å²) in [6.07, 6.45) is 0. The van der Waals surface area contributed by atoms with Gasteiger partial charge in [-0.05, 0) is 163 Å². The van der Waals surface area contributed by atoms with Gasteiger partial charge in [0.15, 0.2) is 0 Å². The van der Waals surface area contributed by atoms with E-state index in [0.717, 1.165) is 45.3 Å². The van der Waals surface area contributed by atoms with Gasteiger partial charge in [0.2, 0.25) is 0 Å². The fourth-order valence-corrected chi connectivity index (χ4v) is 11.4. The van der Waals surface area contributed by atoms with Crippen LogP contribution >= 0.6 is 0 Å². The fraction of sp³-hybridized carbons (Fsp3) is 0.0137. The van der Waals surface area contributed by atoms with Crippen LogP contribution in [-0.4, -0.2) is 0 Å². The van der Waals surface area contributed by atoms with Crippen LogP contribution in [0.1, 0.15) is 22.3 Å². The fourth-order valence-electron chi connectivity index (χ4n) is 11.4. The van der Waals surface area contributed by atoms with E-state index in [-0.39, 0.29) is 0 Å². The zero-order chi connectivity index (χ0) is 50.0. The quantitative estimate of drug-likeness (QED) is 0.120. The van der Waals surface area contributed by atoms with Crippen LogP contribution in [0.4, 0.5) is 34.1 Å². The molecule has 75 heavy (non-hydrogen) atoms. The minimum atomic E-state index is -0.671. The topological polar surface area (TPSA) is 6.48 Å². The second-order valence-corrected chi connectivity index (χ2v) is 19.3. The van der Waals surface area contributed by atoms with Gasteiger partial charge in [0.05, 0.1) is 5.41 Å². The summed E-state index contributed by atoms with van der Waals surface area (Å²) in [6, 6.07) is 115. The van der Waals surface area contributed by atoms with Crippen molar-refractivity contribution < 1.29 is 0 Å². The van der Waals surface area contributed by atoms with Crippen LogP contribution in [0.25, 0.3) is 55.6 Å². The maximum absolute atomic E-state index is 2.48. The van der Waals surface area contributed by atoms with Crippen molar-refractivity contribution >= 4 is 34.1 Å². The number of rotatable bonds is 12. The first kappa shape index (κ1) is 45.1. The summed E-state index contributed by atoms with van der Waals surface area (Å²) in [4.78, 5) is 4.64. The highest BCUT2D eigenvalue weighted by molar-refractivity contribution is 5.91. The van der Waals surface area contributed by atoms with Crippen molar-refractivity contribution in [2.45, 2.75) is 5.41 Å². The van der Waals surface area contributed by atoms with Crippen LogP contribution in [0.5, 0.6) is 0 Å². The Hall–Kier alpha value is -9.76. The molecule has 0 saturated heterocycles. The molecule has 0 atom stereocenters. The molecule has 0 aliphatic heterocycles. The maximum Gasteiger partial charge on any atom is 0.0714 e. The summed E-state index contributed by atoms with van der Waals surface area (Å²) < 4.78 is 0. The standard InChI is InChI=1S/C73H52N2/c1-7-19-53(20-8-1)55-31-41-61(42-32-55)73(62-43-33-56(34-44-62)54-21-9-2-10-22-54)71-51-59(57-35-45-67(46-36-57)74(63-23-11-3-12-24-63)64-25-13-4-14-26-64)39-49-69(71)70-50-40-60(52-72(70)73)58-37-47-68(48-38-58)75(65-27-15-5-16-28-65)66-29-17-6-18-30-66/h1-52H. The Morgan fingerprint density at radius 3 is 0.720 bits per heavy atom. The summed E-state index contributed by atoms with van der Waals surface area (Å²) >= 11 is 0. The van der Waals surface area contributed by atoms with Crippen molar-refractivity contribution in [3.8, 4) is 55.6 Å². The van der Waals surface area contributed by atoms with Crippen LogP contribution in [0, 0.1) is 0 Å². The number of para-hydroxylation sites is 4. The second kappa shape index (κ2) is 19.7. The predicted octanol–water partition coefficient (Wildman–Crippen LogP) is 19.7. The summed E-state index contributed by atoms with van der Waals surface area (Å²) in [5, 5.41) is 0. The van der Waals surface area contributed by atoms with E-state index in [4.69, 9.17) is 0 Å². The summed E-state index contributed by atoms with van der Waals surface area (Å²) in [7, 11) is 0. The molecule has 0 unspecified atom stereocenters. The molecule has 2 nitrogen and oxygen atoms in total. The molecular weight excluding hydrogens is 905 g/mol. The van der Waals surface area contributed by atoms with Gasteiger partial charge in [0.1, 0.15) is 0 Å². The molecule has 0 spiro atoms. The molecule has 1 aliphatic carbocycles. The van der Waals surface area contributed by atoms with Gasteiger partial charge in [-0.1, -0.05) is 231 Å². The first-order chi connectivity index (χ1) is 37.2. The molecule has 0 N–H and O–H groups in total. The van der Waals surface area contributed by atoms with E-state index in [1.165, 1.54) is 66.8 Å². The number of fused-ring (bicyclic) bond motifs is 3. The van der Waals surface area contributed by atoms with Crippen LogP contribution in [0.15, 0.2) is 315 Å². The highest BCUT2D eigenvalue weighted by Gasteiger charge is 2.46. The SMILES string of the molecule is c1ccc(-c2ccc(C3(c4ccc(-c5ccccc5)cc4)c4cc(-c5ccc(N(c6ccccc6)c6ccccc6)cc5)ccc4-c4ccc(-c5ccc(N(c6ccccc6)c6ccccc6)cc5)cc43)cc2)cc1. The van der Waals surface area contributed by atoms with Crippen LogP contribution in [0.2, 0.25) is 0 Å². The molecular formula is C73H52N2. The Bertz CT molecular complexity index is 3520. The molecule has 2 heteroatoms. The van der Waals surface area contributed by atoms with Crippen LogP contribution in [0.3, 0.4) is 0 Å². The number of benzene rings is 12. The minimum absolute atomic E-state index is 0.671. The Balaban J connectivity index is 0.979. The monoisotopic (exact) mass is 956 g/mol. The van der Waals surface area contributed by atoms with E-state index in [9.17, 15) is 0 Å². The van der Waals surface area contributed by atoms with Gasteiger partial charge in [-0.25, -0.2) is 0 Å². The molecule has 0 saturated carbocycles. The normalized spacial score (nSPS) is 12.1. The van der Waals surface area contributed by atoms with Crippen molar-refractivity contribution in [2.75, 3.05) is 9.80 Å². The Morgan fingerprint density at radius 1 is 0.187 bits per heavy atom. The molecule has 354 valence electrons. The van der Waals surface area contributed by atoms with E-state index in [1.807, 2.05) is 0 Å². The largest absolute Gasteiger partial charge is 0.311 e. The Labute approximate surface area is 440 Å². The molecule has 0 bridgehead atoms. The molecule has 12 aromatic rings. The molecule has 0 aromatic heterocycles. The van der Waals surface area contributed by atoms with Gasteiger partial charge in [0, 0.05) is 34.1 Å². The predicted molar refractivity (Wildman–Crippen MR) is 315 cm³/mol. The highest BCUT2D eigenvalue weighted by atomic mass is 15.1. The first-order valence-corrected chi connectivity index (χ1v) is 25.8. The summed E-state index contributed by atoms with van der Waals surface area (Å²) in [5.74, 6) is 0. The zero-order valence-corrected chi connectivity index (χ0v) is 41.4. The smallest absolute Gasteiger partial charge is 0.0714 e. The molecule has 0 fully saturated rings. The molecule has 0 heterocycles. The summed E-state index contributed by atoms with van der Waals surface area (Å²) in [6.45, 7) is 0. The Morgan fingerprint density at radius 2 is 0.413 bits per heavy atom. The lowest BCUT2D eigenvalue weighted by Crippen LogP contribution is -2.28. The van der Waals surface area contributed by atoms with Crippen molar-refractivity contribution in [1.82, 2.24) is 0 Å². The van der Waals surface area contributed by atoms with E-state index < -0.39 is 5.41 Å². The van der Waals surface area contributed by atoms with Gasteiger partial charge < -0.3 is 9.80 Å². The van der Waals surface area contributed by atoms with Gasteiger partial charge in [-0.2, -0.15) is 0 Å². The van der Waals surface area contributed by atoms with Crippen molar-refractivity contribution in [1.29, 1.82) is 0 Å². The van der Waals surface area contributed by atoms with E-state index in [0.29, 0.717) is 0 Å². The van der Waals surface area contributed by atoms with Crippen molar-refractivity contribution in [3.05, 3.63) is 338 Å². The van der Waals surface area contributed by atoms with Crippen LogP contribution in [-0.2, 0) is 5.41 Å². The van der Waals surface area contributed by atoms with E-state index in [2.05, 4.69) is 325 Å². The van der Waals surface area contributed by atoms with Crippen molar-refractivity contribution in [2.24, 2.45) is 0 Å². The van der Waals surface area contributed by atoms with E-state index in [1.54, 1.807) is 0 Å². The third kappa shape index (κ3) is 8.39. The zero-order valence-electron chi connectivity index (χ0n) is 41.4. The first-order valence-electron chi connectivity index (χ1n) is 25.8. The lowest BCUT2D eigenvalue weighted by Gasteiger charge is -2.34. The van der Waals surface area contributed by atoms with E-state index >= 15 is 0 Å². The van der Waals surface area contributed by atoms with Gasteiger partial charge in [0.25, 0.3) is 0 Å². The second-order valence-electron chi connectivity index (χ2n) is 19.3. The summed E-state index contributed by atoms with van der Waals surface area (Å²) in [5.41, 5.74) is 22.9. The third-order valence-corrected chi connectivity index (χ3v) is 15.0.